The number of nitrogens with zero attached hydrogens (tertiary/aromatic N) is 1. The number of carbonyl (C=O) groups is 3. The summed E-state index contributed by atoms with van der Waals surface area (Å²) < 4.78 is 0. The van der Waals surface area contributed by atoms with Gasteiger partial charge in [-0.25, -0.2) is 4.79 Å². The van der Waals surface area contributed by atoms with Crippen molar-refractivity contribution in [2.75, 3.05) is 0 Å². The van der Waals surface area contributed by atoms with Crippen LogP contribution >= 0.6 is 11.3 Å². The first-order chi connectivity index (χ1) is 9.56. The van der Waals surface area contributed by atoms with Gasteiger partial charge in [-0.1, -0.05) is 6.07 Å². The average molecular weight is 289 g/mol. The third kappa shape index (κ3) is 3.58. The van der Waals surface area contributed by atoms with Crippen molar-refractivity contribution < 1.29 is 19.5 Å². The van der Waals surface area contributed by atoms with Gasteiger partial charge in [0.1, 0.15) is 0 Å². The van der Waals surface area contributed by atoms with Gasteiger partial charge in [0.15, 0.2) is 5.78 Å². The Balaban J connectivity index is 2.04. The molecular formula is C14H11NO4S. The molecule has 5 nitrogen and oxygen atoms in total. The lowest BCUT2D eigenvalue weighted by molar-refractivity contribution is -0.148. The lowest BCUT2D eigenvalue weighted by atomic mass is 10.2. The van der Waals surface area contributed by atoms with Gasteiger partial charge < -0.3 is 5.11 Å². The standard InChI is InChI=1S/C14H11NO4S/c16-11(8-12(17)14(18)19)13-5-4-10(20-13)7-9-3-1-2-6-15-9/h1-6H,7-8H2,(H,18,19). The fraction of sp³-hybridized carbons (Fsp3) is 0.143. The second-order valence-electron chi connectivity index (χ2n) is 4.09. The van der Waals surface area contributed by atoms with E-state index in [-0.39, 0.29) is 0 Å². The number of aliphatic carboxylic acids is 1. The quantitative estimate of drug-likeness (QED) is 0.499. The minimum atomic E-state index is -1.58. The summed E-state index contributed by atoms with van der Waals surface area (Å²) in [5, 5.41) is 8.47. The molecule has 0 bridgehead atoms. The normalized spacial score (nSPS) is 10.2. The van der Waals surface area contributed by atoms with Crippen LogP contribution in [0.25, 0.3) is 0 Å². The monoisotopic (exact) mass is 289 g/mol. The van der Waals surface area contributed by atoms with Crippen LogP contribution in [-0.2, 0) is 16.0 Å². The molecule has 0 aliphatic heterocycles. The van der Waals surface area contributed by atoms with Gasteiger partial charge in [-0.15, -0.1) is 11.3 Å². The minimum Gasteiger partial charge on any atom is -0.475 e. The van der Waals surface area contributed by atoms with Gasteiger partial charge in [-0.3, -0.25) is 14.6 Å². The molecule has 0 atom stereocenters. The van der Waals surface area contributed by atoms with Crippen LogP contribution in [0, 0.1) is 0 Å². The van der Waals surface area contributed by atoms with Crippen LogP contribution in [0.4, 0.5) is 0 Å². The molecule has 0 aliphatic carbocycles. The van der Waals surface area contributed by atoms with Crippen LogP contribution in [0.1, 0.15) is 26.7 Å². The predicted octanol–water partition coefficient (Wildman–Crippen LogP) is 1.96. The third-order valence-corrected chi connectivity index (χ3v) is 3.70. The van der Waals surface area contributed by atoms with E-state index in [1.807, 2.05) is 18.2 Å². The van der Waals surface area contributed by atoms with Crippen molar-refractivity contribution in [1.29, 1.82) is 0 Å². The van der Waals surface area contributed by atoms with Crippen molar-refractivity contribution in [3.8, 4) is 0 Å². The Morgan fingerprint density at radius 3 is 2.60 bits per heavy atom. The topological polar surface area (TPSA) is 84.3 Å². The molecule has 0 unspecified atom stereocenters. The van der Waals surface area contributed by atoms with E-state index in [2.05, 4.69) is 4.98 Å². The van der Waals surface area contributed by atoms with E-state index in [4.69, 9.17) is 5.11 Å². The van der Waals surface area contributed by atoms with Crippen molar-refractivity contribution in [2.24, 2.45) is 0 Å². The summed E-state index contributed by atoms with van der Waals surface area (Å²) in [6.45, 7) is 0. The Morgan fingerprint density at radius 1 is 1.15 bits per heavy atom. The number of pyridine rings is 1. The van der Waals surface area contributed by atoms with E-state index < -0.39 is 24.0 Å². The van der Waals surface area contributed by atoms with E-state index >= 15 is 0 Å². The number of thiophene rings is 1. The molecule has 6 heteroatoms. The summed E-state index contributed by atoms with van der Waals surface area (Å²) in [6, 6.07) is 8.99. The molecule has 2 aromatic rings. The molecule has 2 heterocycles. The van der Waals surface area contributed by atoms with Gasteiger partial charge in [0.25, 0.3) is 0 Å². The Hall–Kier alpha value is -2.34. The number of Topliss-reactive ketones (excluding diaryl/α,β-unsaturated/α-hetero) is 2. The Labute approximate surface area is 118 Å². The van der Waals surface area contributed by atoms with Gasteiger partial charge in [0.2, 0.25) is 5.78 Å². The molecule has 2 aromatic heterocycles. The number of rotatable bonds is 6. The molecule has 0 radical (unpaired) electrons. The van der Waals surface area contributed by atoms with Crippen molar-refractivity contribution in [1.82, 2.24) is 4.98 Å². The lowest BCUT2D eigenvalue weighted by Crippen LogP contribution is -2.16. The molecule has 0 saturated heterocycles. The maximum absolute atomic E-state index is 11.7. The first-order valence-electron chi connectivity index (χ1n) is 5.84. The van der Waals surface area contributed by atoms with Gasteiger partial charge in [0.05, 0.1) is 11.3 Å². The molecule has 0 aliphatic rings. The Bertz CT molecular complexity index is 648. The maximum atomic E-state index is 11.7. The van der Waals surface area contributed by atoms with E-state index in [0.29, 0.717) is 11.3 Å². The molecular weight excluding hydrogens is 278 g/mol. The van der Waals surface area contributed by atoms with Crippen molar-refractivity contribution >= 4 is 28.9 Å². The van der Waals surface area contributed by atoms with Gasteiger partial charge in [0, 0.05) is 23.2 Å². The second kappa shape index (κ2) is 6.21. The number of hydrogen-bond acceptors (Lipinski definition) is 5. The number of hydrogen-bond donors (Lipinski definition) is 1. The summed E-state index contributed by atoms with van der Waals surface area (Å²) in [4.78, 5) is 38.7. The predicted molar refractivity (Wildman–Crippen MR) is 73.0 cm³/mol. The highest BCUT2D eigenvalue weighted by molar-refractivity contribution is 7.14. The largest absolute Gasteiger partial charge is 0.475 e. The third-order valence-electron chi connectivity index (χ3n) is 2.58. The molecule has 0 spiro atoms. The first-order valence-corrected chi connectivity index (χ1v) is 6.66. The fourth-order valence-electron chi connectivity index (χ4n) is 1.61. The Kier molecular flexibility index (Phi) is 4.37. The average Bonchev–Trinajstić information content (AvgIpc) is 2.88. The maximum Gasteiger partial charge on any atom is 0.372 e. The number of carboxylic acid groups (broad SMARTS) is 1. The fourth-order valence-corrected chi connectivity index (χ4v) is 2.57. The number of ketones is 2. The minimum absolute atomic E-state index is 0.394. The van der Waals surface area contributed by atoms with Crippen molar-refractivity contribution in [3.05, 3.63) is 52.0 Å². The summed E-state index contributed by atoms with van der Waals surface area (Å²) in [6.07, 6.45) is 1.70. The SMILES string of the molecule is O=C(O)C(=O)CC(=O)c1ccc(Cc2ccccn2)s1. The van der Waals surface area contributed by atoms with Gasteiger partial charge in [-0.05, 0) is 24.3 Å². The van der Waals surface area contributed by atoms with Crippen LogP contribution in [0.15, 0.2) is 36.5 Å². The summed E-state index contributed by atoms with van der Waals surface area (Å²) in [5.41, 5.74) is 0.884. The molecule has 1 N–H and O–H groups in total. The highest BCUT2D eigenvalue weighted by Crippen LogP contribution is 2.20. The smallest absolute Gasteiger partial charge is 0.372 e. The lowest BCUT2D eigenvalue weighted by Gasteiger charge is -1.96. The van der Waals surface area contributed by atoms with Gasteiger partial charge in [-0.2, -0.15) is 0 Å². The van der Waals surface area contributed by atoms with Crippen molar-refractivity contribution in [2.45, 2.75) is 12.8 Å². The molecule has 0 saturated carbocycles. The number of carbonyl (C=O) groups excluding carboxylic acids is 2. The van der Waals surface area contributed by atoms with E-state index in [9.17, 15) is 14.4 Å². The van der Waals surface area contributed by atoms with Crippen LogP contribution in [0.2, 0.25) is 0 Å². The second-order valence-corrected chi connectivity index (χ2v) is 5.26. The number of aromatic nitrogens is 1. The Morgan fingerprint density at radius 2 is 1.95 bits per heavy atom. The molecule has 2 rings (SSSR count). The van der Waals surface area contributed by atoms with E-state index in [1.165, 1.54) is 11.3 Å². The van der Waals surface area contributed by atoms with Crippen LogP contribution in [-0.4, -0.2) is 27.6 Å². The first kappa shape index (κ1) is 14.1. The van der Waals surface area contributed by atoms with Gasteiger partial charge >= 0.3 is 5.97 Å². The summed E-state index contributed by atoms with van der Waals surface area (Å²) in [5.74, 6) is -3.13. The molecule has 0 fully saturated rings. The van der Waals surface area contributed by atoms with Crippen LogP contribution in [0.3, 0.4) is 0 Å². The van der Waals surface area contributed by atoms with E-state index in [0.717, 1.165) is 10.6 Å². The summed E-state index contributed by atoms with van der Waals surface area (Å²) in [7, 11) is 0. The highest BCUT2D eigenvalue weighted by atomic mass is 32.1. The zero-order valence-electron chi connectivity index (χ0n) is 10.4. The zero-order valence-corrected chi connectivity index (χ0v) is 11.2. The highest BCUT2D eigenvalue weighted by Gasteiger charge is 2.19. The van der Waals surface area contributed by atoms with E-state index in [1.54, 1.807) is 18.3 Å². The number of carboxylic acids is 1. The van der Waals surface area contributed by atoms with Crippen LogP contribution in [0.5, 0.6) is 0 Å². The zero-order chi connectivity index (χ0) is 14.5. The molecule has 0 amide bonds. The molecule has 102 valence electrons. The molecule has 0 aromatic carbocycles. The van der Waals surface area contributed by atoms with Crippen molar-refractivity contribution in [3.63, 3.8) is 0 Å². The van der Waals surface area contributed by atoms with Crippen LogP contribution < -0.4 is 0 Å². The molecule has 20 heavy (non-hydrogen) atoms. The summed E-state index contributed by atoms with van der Waals surface area (Å²) >= 11 is 1.25.